The van der Waals surface area contributed by atoms with Gasteiger partial charge in [-0.1, -0.05) is 13.8 Å². The van der Waals surface area contributed by atoms with Crippen LogP contribution in [0.15, 0.2) is 18.2 Å². The first kappa shape index (κ1) is 15.4. The normalized spacial score (nSPS) is 19.7. The van der Waals surface area contributed by atoms with Crippen molar-refractivity contribution in [1.82, 2.24) is 5.32 Å². The maximum Gasteiger partial charge on any atom is 0.249 e. The number of anilines is 1. The Bertz CT molecular complexity index is 561. The van der Waals surface area contributed by atoms with Crippen LogP contribution in [0.3, 0.4) is 0 Å². The van der Waals surface area contributed by atoms with E-state index in [2.05, 4.69) is 5.32 Å². The van der Waals surface area contributed by atoms with Crippen LogP contribution in [-0.2, 0) is 9.59 Å². The van der Waals surface area contributed by atoms with Gasteiger partial charge in [-0.25, -0.2) is 8.78 Å². The van der Waals surface area contributed by atoms with Gasteiger partial charge in [0.15, 0.2) is 0 Å². The quantitative estimate of drug-likeness (QED) is 0.930. The zero-order chi connectivity index (χ0) is 15.6. The van der Waals surface area contributed by atoms with Crippen molar-refractivity contribution in [3.05, 3.63) is 29.8 Å². The maximum atomic E-state index is 13.9. The van der Waals surface area contributed by atoms with E-state index in [-0.39, 0.29) is 36.4 Å². The van der Waals surface area contributed by atoms with Crippen LogP contribution in [0.5, 0.6) is 0 Å². The van der Waals surface area contributed by atoms with Crippen molar-refractivity contribution >= 4 is 17.5 Å². The van der Waals surface area contributed by atoms with Crippen LogP contribution >= 0.6 is 0 Å². The molecule has 0 aliphatic carbocycles. The largest absolute Gasteiger partial charge is 0.344 e. The third-order valence-electron chi connectivity index (χ3n) is 3.37. The number of nitrogens with one attached hydrogen (secondary N) is 1. The number of hydrogen-bond acceptors (Lipinski definition) is 2. The molecule has 0 bridgehead atoms. The summed E-state index contributed by atoms with van der Waals surface area (Å²) in [6.07, 6.45) is 0.570. The van der Waals surface area contributed by atoms with E-state index in [1.807, 2.05) is 13.8 Å². The van der Waals surface area contributed by atoms with Gasteiger partial charge in [0.2, 0.25) is 11.8 Å². The molecule has 2 amide bonds. The SMILES string of the molecule is CC(C)CC1NC(=O)CCN(c2ccc(F)cc2F)C1=O. The minimum Gasteiger partial charge on any atom is -0.344 e. The monoisotopic (exact) mass is 296 g/mol. The fourth-order valence-corrected chi connectivity index (χ4v) is 2.41. The summed E-state index contributed by atoms with van der Waals surface area (Å²) in [6.45, 7) is 3.96. The number of nitrogens with zero attached hydrogens (tertiary/aromatic N) is 1. The second-order valence-corrected chi connectivity index (χ2v) is 5.59. The van der Waals surface area contributed by atoms with Crippen molar-refractivity contribution in [1.29, 1.82) is 0 Å². The molecule has 1 aliphatic heterocycles. The molecular formula is C15H18F2N2O2. The highest BCUT2D eigenvalue weighted by molar-refractivity contribution is 6.01. The molecule has 114 valence electrons. The van der Waals surface area contributed by atoms with Gasteiger partial charge in [0.1, 0.15) is 17.7 Å². The molecule has 1 aromatic carbocycles. The molecule has 1 heterocycles. The molecule has 4 nitrogen and oxygen atoms in total. The van der Waals surface area contributed by atoms with Gasteiger partial charge in [0.05, 0.1) is 5.69 Å². The highest BCUT2D eigenvalue weighted by atomic mass is 19.1. The lowest BCUT2D eigenvalue weighted by Crippen LogP contribution is -2.45. The van der Waals surface area contributed by atoms with E-state index in [0.717, 1.165) is 12.1 Å². The molecule has 1 N–H and O–H groups in total. The zero-order valence-corrected chi connectivity index (χ0v) is 12.0. The first-order valence-corrected chi connectivity index (χ1v) is 6.94. The fourth-order valence-electron chi connectivity index (χ4n) is 2.41. The number of benzene rings is 1. The molecule has 1 aliphatic rings. The van der Waals surface area contributed by atoms with Crippen LogP contribution in [0.1, 0.15) is 26.7 Å². The van der Waals surface area contributed by atoms with E-state index in [4.69, 9.17) is 0 Å². The molecule has 1 aromatic rings. The lowest BCUT2D eigenvalue weighted by Gasteiger charge is -2.25. The Balaban J connectivity index is 2.32. The van der Waals surface area contributed by atoms with Crippen molar-refractivity contribution in [3.63, 3.8) is 0 Å². The van der Waals surface area contributed by atoms with Crippen LogP contribution in [0.25, 0.3) is 0 Å². The number of amides is 2. The third kappa shape index (κ3) is 3.56. The summed E-state index contributed by atoms with van der Waals surface area (Å²) in [4.78, 5) is 25.4. The number of hydrogen-bond donors (Lipinski definition) is 1. The van der Waals surface area contributed by atoms with Gasteiger partial charge in [-0.15, -0.1) is 0 Å². The summed E-state index contributed by atoms with van der Waals surface area (Å²) in [7, 11) is 0. The second kappa shape index (κ2) is 6.20. The van der Waals surface area contributed by atoms with Gasteiger partial charge in [-0.3, -0.25) is 9.59 Å². The van der Waals surface area contributed by atoms with Crippen LogP contribution in [-0.4, -0.2) is 24.4 Å². The Morgan fingerprint density at radius 2 is 2.05 bits per heavy atom. The van der Waals surface area contributed by atoms with Crippen molar-refractivity contribution in [2.24, 2.45) is 5.92 Å². The van der Waals surface area contributed by atoms with Gasteiger partial charge < -0.3 is 10.2 Å². The Morgan fingerprint density at radius 3 is 2.67 bits per heavy atom. The van der Waals surface area contributed by atoms with Gasteiger partial charge in [-0.2, -0.15) is 0 Å². The van der Waals surface area contributed by atoms with E-state index in [9.17, 15) is 18.4 Å². The van der Waals surface area contributed by atoms with Crippen LogP contribution < -0.4 is 10.2 Å². The summed E-state index contributed by atoms with van der Waals surface area (Å²) in [5.41, 5.74) is 0.00616. The Hall–Kier alpha value is -1.98. The van der Waals surface area contributed by atoms with E-state index in [0.29, 0.717) is 6.42 Å². The molecule has 1 unspecified atom stereocenters. The highest BCUT2D eigenvalue weighted by Gasteiger charge is 2.32. The van der Waals surface area contributed by atoms with Gasteiger partial charge in [-0.05, 0) is 24.5 Å². The van der Waals surface area contributed by atoms with Gasteiger partial charge in [0, 0.05) is 19.0 Å². The maximum absolute atomic E-state index is 13.9. The Morgan fingerprint density at radius 1 is 1.33 bits per heavy atom. The molecule has 0 spiro atoms. The number of halogens is 2. The predicted octanol–water partition coefficient (Wildman–Crippen LogP) is 2.23. The number of rotatable bonds is 3. The third-order valence-corrected chi connectivity index (χ3v) is 3.37. The average Bonchev–Trinajstić information content (AvgIpc) is 2.51. The first-order valence-electron chi connectivity index (χ1n) is 6.94. The topological polar surface area (TPSA) is 49.4 Å². The van der Waals surface area contributed by atoms with Crippen LogP contribution in [0, 0.1) is 17.6 Å². The van der Waals surface area contributed by atoms with E-state index in [1.165, 1.54) is 11.0 Å². The summed E-state index contributed by atoms with van der Waals surface area (Å²) < 4.78 is 26.9. The minimum atomic E-state index is -0.805. The summed E-state index contributed by atoms with van der Waals surface area (Å²) in [5, 5.41) is 2.66. The zero-order valence-electron chi connectivity index (χ0n) is 12.0. The highest BCUT2D eigenvalue weighted by Crippen LogP contribution is 2.23. The van der Waals surface area contributed by atoms with Crippen LogP contribution in [0.2, 0.25) is 0 Å². The standard InChI is InChI=1S/C15H18F2N2O2/c1-9(2)7-12-15(21)19(6-5-14(20)18-12)13-4-3-10(16)8-11(13)17/h3-4,8-9,12H,5-7H2,1-2H3,(H,18,20). The Kier molecular flexibility index (Phi) is 4.55. The fraction of sp³-hybridized carbons (Fsp3) is 0.467. The summed E-state index contributed by atoms with van der Waals surface area (Å²) in [6, 6.07) is 2.39. The molecule has 21 heavy (non-hydrogen) atoms. The molecule has 1 saturated heterocycles. The van der Waals surface area contributed by atoms with Crippen molar-refractivity contribution < 1.29 is 18.4 Å². The molecule has 2 rings (SSSR count). The first-order chi connectivity index (χ1) is 9.88. The minimum absolute atomic E-state index is 0.00616. The molecular weight excluding hydrogens is 278 g/mol. The molecule has 1 atom stereocenters. The number of carbonyl (C=O) groups excluding carboxylic acids is 2. The summed E-state index contributed by atoms with van der Waals surface area (Å²) in [5.74, 6) is -1.90. The number of carbonyl (C=O) groups is 2. The van der Waals surface area contributed by atoms with Crippen molar-refractivity contribution in [3.8, 4) is 0 Å². The van der Waals surface area contributed by atoms with Crippen molar-refractivity contribution in [2.75, 3.05) is 11.4 Å². The van der Waals surface area contributed by atoms with Gasteiger partial charge >= 0.3 is 0 Å². The summed E-state index contributed by atoms with van der Waals surface area (Å²) >= 11 is 0. The molecule has 0 saturated carbocycles. The smallest absolute Gasteiger partial charge is 0.249 e. The van der Waals surface area contributed by atoms with E-state index >= 15 is 0 Å². The second-order valence-electron chi connectivity index (χ2n) is 5.59. The average molecular weight is 296 g/mol. The lowest BCUT2D eigenvalue weighted by atomic mass is 10.0. The molecule has 6 heteroatoms. The van der Waals surface area contributed by atoms with Gasteiger partial charge in [0.25, 0.3) is 0 Å². The molecule has 0 aromatic heterocycles. The molecule has 1 fully saturated rings. The van der Waals surface area contributed by atoms with E-state index in [1.54, 1.807) is 0 Å². The lowest BCUT2D eigenvalue weighted by molar-refractivity contribution is -0.125. The van der Waals surface area contributed by atoms with E-state index < -0.39 is 17.7 Å². The van der Waals surface area contributed by atoms with Crippen LogP contribution in [0.4, 0.5) is 14.5 Å². The molecule has 0 radical (unpaired) electrons. The van der Waals surface area contributed by atoms with Crippen molar-refractivity contribution in [2.45, 2.75) is 32.7 Å². The predicted molar refractivity (Wildman–Crippen MR) is 74.7 cm³/mol. The Labute approximate surface area is 122 Å².